The van der Waals surface area contributed by atoms with E-state index in [0.717, 1.165) is 27.7 Å². The molecule has 1 amide bonds. The highest BCUT2D eigenvalue weighted by atomic mass is 35.5. The van der Waals surface area contributed by atoms with Gasteiger partial charge in [0.25, 0.3) is 5.91 Å². The first-order valence-corrected chi connectivity index (χ1v) is 7.07. The number of aromatic amines is 1. The van der Waals surface area contributed by atoms with Crippen molar-refractivity contribution in [3.8, 4) is 0 Å². The van der Waals surface area contributed by atoms with Crippen LogP contribution in [0.5, 0.6) is 0 Å². The monoisotopic (exact) mass is 298 g/mol. The number of halogens is 1. The number of carbonyl (C=O) groups is 1. The average Bonchev–Trinajstić information content (AvgIpc) is 2.80. The van der Waals surface area contributed by atoms with E-state index in [9.17, 15) is 4.79 Å². The lowest BCUT2D eigenvalue weighted by molar-refractivity contribution is 0.102. The van der Waals surface area contributed by atoms with E-state index in [-0.39, 0.29) is 5.91 Å². The summed E-state index contributed by atoms with van der Waals surface area (Å²) in [5.41, 5.74) is 4.52. The second-order valence-electron chi connectivity index (χ2n) is 5.22. The molecular formula is C17H15ClN2O. The molecule has 0 atom stereocenters. The first-order chi connectivity index (χ1) is 10.0. The third-order valence-electron chi connectivity index (χ3n) is 3.37. The van der Waals surface area contributed by atoms with E-state index in [0.29, 0.717) is 10.6 Å². The largest absolute Gasteiger partial charge is 0.360 e. The van der Waals surface area contributed by atoms with Gasteiger partial charge in [-0.05, 0) is 55.3 Å². The minimum atomic E-state index is -0.145. The number of rotatable bonds is 2. The molecule has 0 unspecified atom stereocenters. The molecular weight excluding hydrogens is 284 g/mol. The third-order valence-corrected chi connectivity index (χ3v) is 3.60. The van der Waals surface area contributed by atoms with Gasteiger partial charge in [0.15, 0.2) is 0 Å². The van der Waals surface area contributed by atoms with E-state index in [2.05, 4.69) is 16.4 Å². The van der Waals surface area contributed by atoms with Crippen LogP contribution in [0.4, 0.5) is 5.69 Å². The van der Waals surface area contributed by atoms with Crippen molar-refractivity contribution in [2.45, 2.75) is 13.8 Å². The number of hydrogen-bond donors (Lipinski definition) is 2. The number of benzene rings is 2. The summed E-state index contributed by atoms with van der Waals surface area (Å²) in [6.45, 7) is 4.02. The molecule has 2 N–H and O–H groups in total. The standard InChI is InChI=1S/C17H15ClN2O/c1-10-5-11(2)7-13(6-10)20-17(21)15-9-19-16-4-3-12(18)8-14(15)16/h3-9,19H,1-2H3,(H,20,21). The van der Waals surface area contributed by atoms with Crippen LogP contribution in [0, 0.1) is 13.8 Å². The van der Waals surface area contributed by atoms with Gasteiger partial charge < -0.3 is 10.3 Å². The minimum Gasteiger partial charge on any atom is -0.360 e. The Morgan fingerprint density at radius 2 is 1.81 bits per heavy atom. The van der Waals surface area contributed by atoms with Gasteiger partial charge >= 0.3 is 0 Å². The SMILES string of the molecule is Cc1cc(C)cc(NC(=O)c2c[nH]c3ccc(Cl)cc23)c1. The first kappa shape index (κ1) is 13.7. The molecule has 0 saturated carbocycles. The second kappa shape index (κ2) is 5.26. The zero-order valence-corrected chi connectivity index (χ0v) is 12.6. The van der Waals surface area contributed by atoms with Crippen LogP contribution in [0.3, 0.4) is 0 Å². The van der Waals surface area contributed by atoms with Crippen LogP contribution in [0.15, 0.2) is 42.6 Å². The highest BCUT2D eigenvalue weighted by molar-refractivity contribution is 6.31. The molecule has 0 saturated heterocycles. The third kappa shape index (κ3) is 2.78. The Labute approximate surface area is 127 Å². The fraction of sp³-hybridized carbons (Fsp3) is 0.118. The summed E-state index contributed by atoms with van der Waals surface area (Å²) < 4.78 is 0. The van der Waals surface area contributed by atoms with Gasteiger partial charge in [-0.25, -0.2) is 0 Å². The highest BCUT2D eigenvalue weighted by Gasteiger charge is 2.12. The Balaban J connectivity index is 1.95. The quantitative estimate of drug-likeness (QED) is 0.708. The van der Waals surface area contributed by atoms with Crippen molar-refractivity contribution < 1.29 is 4.79 Å². The molecule has 0 bridgehead atoms. The van der Waals surface area contributed by atoms with Gasteiger partial charge in [0.2, 0.25) is 0 Å². The number of hydrogen-bond acceptors (Lipinski definition) is 1. The number of H-pyrrole nitrogens is 1. The number of nitrogens with one attached hydrogen (secondary N) is 2. The maximum absolute atomic E-state index is 12.4. The Bertz CT molecular complexity index is 816. The molecule has 0 aliphatic rings. The number of aromatic nitrogens is 1. The minimum absolute atomic E-state index is 0.145. The average molecular weight is 299 g/mol. The lowest BCUT2D eigenvalue weighted by Gasteiger charge is -2.07. The molecule has 3 aromatic rings. The van der Waals surface area contributed by atoms with E-state index in [1.54, 1.807) is 18.3 Å². The number of anilines is 1. The van der Waals surface area contributed by atoms with Gasteiger partial charge in [0.1, 0.15) is 0 Å². The topological polar surface area (TPSA) is 44.9 Å². The molecule has 1 heterocycles. The smallest absolute Gasteiger partial charge is 0.257 e. The van der Waals surface area contributed by atoms with Crippen LogP contribution in [-0.4, -0.2) is 10.9 Å². The molecule has 1 aromatic heterocycles. The normalized spacial score (nSPS) is 10.8. The molecule has 2 aromatic carbocycles. The predicted molar refractivity (Wildman–Crippen MR) is 87.2 cm³/mol. The van der Waals surface area contributed by atoms with Crippen LogP contribution in [-0.2, 0) is 0 Å². The lowest BCUT2D eigenvalue weighted by atomic mass is 10.1. The zero-order valence-electron chi connectivity index (χ0n) is 11.8. The van der Waals surface area contributed by atoms with Crippen LogP contribution in [0.2, 0.25) is 5.02 Å². The van der Waals surface area contributed by atoms with Gasteiger partial charge in [0.05, 0.1) is 5.56 Å². The van der Waals surface area contributed by atoms with Crippen molar-refractivity contribution >= 4 is 34.1 Å². The van der Waals surface area contributed by atoms with Gasteiger partial charge in [-0.3, -0.25) is 4.79 Å². The molecule has 3 nitrogen and oxygen atoms in total. The van der Waals surface area contributed by atoms with E-state index in [1.165, 1.54) is 0 Å². The molecule has 0 radical (unpaired) electrons. The lowest BCUT2D eigenvalue weighted by Crippen LogP contribution is -2.11. The van der Waals surface area contributed by atoms with E-state index in [4.69, 9.17) is 11.6 Å². The Morgan fingerprint density at radius 3 is 2.52 bits per heavy atom. The van der Waals surface area contributed by atoms with Gasteiger partial charge in [-0.2, -0.15) is 0 Å². The predicted octanol–water partition coefficient (Wildman–Crippen LogP) is 4.69. The van der Waals surface area contributed by atoms with Crippen LogP contribution in [0.25, 0.3) is 10.9 Å². The molecule has 0 aliphatic carbocycles. The van der Waals surface area contributed by atoms with Gasteiger partial charge in [-0.1, -0.05) is 17.7 Å². The number of amides is 1. The molecule has 4 heteroatoms. The second-order valence-corrected chi connectivity index (χ2v) is 5.66. The number of fused-ring (bicyclic) bond motifs is 1. The maximum atomic E-state index is 12.4. The van der Waals surface area contributed by atoms with Crippen LogP contribution in [0.1, 0.15) is 21.5 Å². The van der Waals surface area contributed by atoms with Crippen molar-refractivity contribution in [2.75, 3.05) is 5.32 Å². The van der Waals surface area contributed by atoms with Crippen LogP contribution < -0.4 is 5.32 Å². The molecule has 0 spiro atoms. The van der Waals surface area contributed by atoms with E-state index < -0.39 is 0 Å². The van der Waals surface area contributed by atoms with Crippen molar-refractivity contribution in [3.05, 3.63) is 64.3 Å². The molecule has 21 heavy (non-hydrogen) atoms. The summed E-state index contributed by atoms with van der Waals surface area (Å²) in [5.74, 6) is -0.145. The summed E-state index contributed by atoms with van der Waals surface area (Å²) in [6, 6.07) is 11.4. The van der Waals surface area contributed by atoms with Gasteiger partial charge in [0, 0.05) is 27.8 Å². The molecule has 0 fully saturated rings. The molecule has 3 rings (SSSR count). The van der Waals surface area contributed by atoms with Crippen molar-refractivity contribution in [3.63, 3.8) is 0 Å². The summed E-state index contributed by atoms with van der Waals surface area (Å²) in [6.07, 6.45) is 1.71. The summed E-state index contributed by atoms with van der Waals surface area (Å²) in [4.78, 5) is 15.5. The Kier molecular flexibility index (Phi) is 3.43. The van der Waals surface area contributed by atoms with Crippen molar-refractivity contribution in [2.24, 2.45) is 0 Å². The van der Waals surface area contributed by atoms with Crippen molar-refractivity contribution in [1.29, 1.82) is 0 Å². The first-order valence-electron chi connectivity index (χ1n) is 6.69. The van der Waals surface area contributed by atoms with Gasteiger partial charge in [-0.15, -0.1) is 0 Å². The maximum Gasteiger partial charge on any atom is 0.257 e. The Hall–Kier alpha value is -2.26. The zero-order chi connectivity index (χ0) is 15.0. The van der Waals surface area contributed by atoms with Crippen molar-refractivity contribution in [1.82, 2.24) is 4.98 Å². The van der Waals surface area contributed by atoms with E-state index >= 15 is 0 Å². The Morgan fingerprint density at radius 1 is 1.10 bits per heavy atom. The fourth-order valence-corrected chi connectivity index (χ4v) is 2.70. The van der Waals surface area contributed by atoms with Crippen LogP contribution >= 0.6 is 11.6 Å². The number of carbonyl (C=O) groups excluding carboxylic acids is 1. The number of aryl methyl sites for hydroxylation is 2. The summed E-state index contributed by atoms with van der Waals surface area (Å²) >= 11 is 6.01. The molecule has 106 valence electrons. The summed E-state index contributed by atoms with van der Waals surface area (Å²) in [7, 11) is 0. The highest BCUT2D eigenvalue weighted by Crippen LogP contribution is 2.23. The van der Waals surface area contributed by atoms with E-state index in [1.807, 2.05) is 32.0 Å². The fourth-order valence-electron chi connectivity index (χ4n) is 2.53. The summed E-state index contributed by atoms with van der Waals surface area (Å²) in [5, 5.41) is 4.37. The molecule has 0 aliphatic heterocycles.